The number of carboxylic acids is 1. The number of carbonyl (C=O) groups excluding carboxylic acids is 2. The van der Waals surface area contributed by atoms with Gasteiger partial charge in [0.15, 0.2) is 0 Å². The van der Waals surface area contributed by atoms with Crippen LogP contribution in [0.3, 0.4) is 0 Å². The van der Waals surface area contributed by atoms with E-state index in [-0.39, 0.29) is 24.7 Å². The summed E-state index contributed by atoms with van der Waals surface area (Å²) in [6.07, 6.45) is 0.408. The van der Waals surface area contributed by atoms with Crippen molar-refractivity contribution in [3.8, 4) is 0 Å². The molecular weight excluding hydrogens is 296 g/mol. The van der Waals surface area contributed by atoms with Gasteiger partial charge >= 0.3 is 5.97 Å². The summed E-state index contributed by atoms with van der Waals surface area (Å²) in [4.78, 5) is 38.8. The SMILES string of the molecule is CCN1CC(C(=O)N(C)C(Cc2ccccc2)C(=O)O)CC1=O. The highest BCUT2D eigenvalue weighted by atomic mass is 16.4. The fraction of sp³-hybridized carbons (Fsp3) is 0.471. The minimum absolute atomic E-state index is 0.0471. The summed E-state index contributed by atoms with van der Waals surface area (Å²) in [7, 11) is 1.50. The summed E-state index contributed by atoms with van der Waals surface area (Å²) >= 11 is 0. The van der Waals surface area contributed by atoms with E-state index in [1.165, 1.54) is 11.9 Å². The largest absolute Gasteiger partial charge is 0.480 e. The average Bonchev–Trinajstić information content (AvgIpc) is 2.93. The van der Waals surface area contributed by atoms with Crippen molar-refractivity contribution < 1.29 is 19.5 Å². The van der Waals surface area contributed by atoms with Crippen molar-refractivity contribution in [1.82, 2.24) is 9.80 Å². The lowest BCUT2D eigenvalue weighted by Gasteiger charge is -2.27. The quantitative estimate of drug-likeness (QED) is 0.849. The number of likely N-dealkylation sites (tertiary alicyclic amines) is 1. The zero-order valence-corrected chi connectivity index (χ0v) is 13.4. The minimum atomic E-state index is -1.04. The Morgan fingerprint density at radius 3 is 2.52 bits per heavy atom. The number of carbonyl (C=O) groups is 3. The van der Waals surface area contributed by atoms with Crippen LogP contribution in [0.5, 0.6) is 0 Å². The second-order valence-electron chi connectivity index (χ2n) is 5.83. The van der Waals surface area contributed by atoms with Crippen LogP contribution in [0.1, 0.15) is 18.9 Å². The van der Waals surface area contributed by atoms with Gasteiger partial charge in [-0.2, -0.15) is 0 Å². The van der Waals surface area contributed by atoms with Crippen molar-refractivity contribution in [3.05, 3.63) is 35.9 Å². The first-order chi connectivity index (χ1) is 10.9. The molecule has 1 aromatic carbocycles. The lowest BCUT2D eigenvalue weighted by atomic mass is 10.0. The summed E-state index contributed by atoms with van der Waals surface area (Å²) in [6.45, 7) is 2.80. The fourth-order valence-corrected chi connectivity index (χ4v) is 2.91. The van der Waals surface area contributed by atoms with E-state index in [1.807, 2.05) is 37.3 Å². The third-order valence-corrected chi connectivity index (χ3v) is 4.32. The molecule has 2 unspecified atom stereocenters. The summed E-state index contributed by atoms with van der Waals surface area (Å²) in [5.74, 6) is -1.82. The summed E-state index contributed by atoms with van der Waals surface area (Å²) in [6, 6.07) is 8.28. The molecule has 2 atom stereocenters. The number of likely N-dealkylation sites (N-methyl/N-ethyl adjacent to an activating group) is 1. The van der Waals surface area contributed by atoms with Crippen molar-refractivity contribution in [3.63, 3.8) is 0 Å². The van der Waals surface area contributed by atoms with Crippen LogP contribution in [0.4, 0.5) is 0 Å². The second kappa shape index (κ2) is 7.26. The van der Waals surface area contributed by atoms with E-state index in [4.69, 9.17) is 0 Å². The number of rotatable bonds is 6. The standard InChI is InChI=1S/C17H22N2O4/c1-3-19-11-13(10-15(19)20)16(21)18(2)14(17(22)23)9-12-7-5-4-6-8-12/h4-8,13-14H,3,9-11H2,1-2H3,(H,22,23). The maximum absolute atomic E-state index is 12.6. The molecule has 1 fully saturated rings. The van der Waals surface area contributed by atoms with E-state index in [9.17, 15) is 19.5 Å². The second-order valence-corrected chi connectivity index (χ2v) is 5.83. The van der Waals surface area contributed by atoms with E-state index in [0.717, 1.165) is 5.56 Å². The predicted molar refractivity (Wildman–Crippen MR) is 84.7 cm³/mol. The topological polar surface area (TPSA) is 77.9 Å². The Labute approximate surface area is 135 Å². The molecule has 0 spiro atoms. The Hall–Kier alpha value is -2.37. The highest BCUT2D eigenvalue weighted by molar-refractivity contribution is 5.91. The Morgan fingerprint density at radius 2 is 2.00 bits per heavy atom. The van der Waals surface area contributed by atoms with E-state index in [1.54, 1.807) is 4.90 Å². The normalized spacial score (nSPS) is 18.8. The number of hydrogen-bond donors (Lipinski definition) is 1. The zero-order chi connectivity index (χ0) is 17.0. The van der Waals surface area contributed by atoms with Crippen molar-refractivity contribution in [1.29, 1.82) is 0 Å². The molecule has 1 aromatic rings. The summed E-state index contributed by atoms with van der Waals surface area (Å²) in [5, 5.41) is 9.48. The van der Waals surface area contributed by atoms with Crippen molar-refractivity contribution >= 4 is 17.8 Å². The Balaban J connectivity index is 2.09. The monoisotopic (exact) mass is 318 g/mol. The molecule has 6 heteroatoms. The van der Waals surface area contributed by atoms with Gasteiger partial charge in [-0.25, -0.2) is 4.79 Å². The lowest BCUT2D eigenvalue weighted by Crippen LogP contribution is -2.46. The van der Waals surface area contributed by atoms with Gasteiger partial charge in [0.2, 0.25) is 11.8 Å². The van der Waals surface area contributed by atoms with Gasteiger partial charge in [-0.15, -0.1) is 0 Å². The van der Waals surface area contributed by atoms with Gasteiger partial charge in [0, 0.05) is 33.0 Å². The van der Waals surface area contributed by atoms with E-state index < -0.39 is 17.9 Å². The van der Waals surface area contributed by atoms with Gasteiger partial charge in [-0.1, -0.05) is 30.3 Å². The number of amides is 2. The highest BCUT2D eigenvalue weighted by Gasteiger charge is 2.38. The highest BCUT2D eigenvalue weighted by Crippen LogP contribution is 2.21. The van der Waals surface area contributed by atoms with Crippen molar-refractivity contribution in [2.75, 3.05) is 20.1 Å². The third kappa shape index (κ3) is 3.88. The molecule has 1 heterocycles. The van der Waals surface area contributed by atoms with Gasteiger partial charge in [0.25, 0.3) is 0 Å². The van der Waals surface area contributed by atoms with Crippen LogP contribution >= 0.6 is 0 Å². The Kier molecular flexibility index (Phi) is 5.36. The maximum atomic E-state index is 12.6. The zero-order valence-electron chi connectivity index (χ0n) is 13.4. The summed E-state index contributed by atoms with van der Waals surface area (Å²) in [5.41, 5.74) is 0.859. The average molecular weight is 318 g/mol. The molecule has 1 aliphatic heterocycles. The molecule has 23 heavy (non-hydrogen) atoms. The smallest absolute Gasteiger partial charge is 0.326 e. The van der Waals surface area contributed by atoms with Gasteiger partial charge in [0.1, 0.15) is 6.04 Å². The fourth-order valence-electron chi connectivity index (χ4n) is 2.91. The molecule has 0 aromatic heterocycles. The first kappa shape index (κ1) is 17.0. The number of hydrogen-bond acceptors (Lipinski definition) is 3. The number of aliphatic carboxylic acids is 1. The molecule has 2 rings (SSSR count). The molecular formula is C17H22N2O4. The van der Waals surface area contributed by atoms with Gasteiger partial charge in [0.05, 0.1) is 5.92 Å². The molecule has 1 saturated heterocycles. The molecule has 0 bridgehead atoms. The van der Waals surface area contributed by atoms with E-state index in [0.29, 0.717) is 13.1 Å². The molecule has 0 radical (unpaired) electrons. The van der Waals surface area contributed by atoms with Crippen LogP contribution in [-0.4, -0.2) is 58.9 Å². The van der Waals surface area contributed by atoms with Gasteiger partial charge in [-0.3, -0.25) is 9.59 Å². The van der Waals surface area contributed by atoms with Gasteiger partial charge < -0.3 is 14.9 Å². The third-order valence-electron chi connectivity index (χ3n) is 4.32. The Bertz CT molecular complexity index is 588. The number of carboxylic acid groups (broad SMARTS) is 1. The van der Waals surface area contributed by atoms with E-state index in [2.05, 4.69) is 0 Å². The maximum Gasteiger partial charge on any atom is 0.326 e. The predicted octanol–water partition coefficient (Wildman–Crippen LogP) is 1.01. The van der Waals surface area contributed by atoms with Crippen LogP contribution in [0.15, 0.2) is 30.3 Å². The number of benzene rings is 1. The van der Waals surface area contributed by atoms with Crippen molar-refractivity contribution in [2.45, 2.75) is 25.8 Å². The van der Waals surface area contributed by atoms with Crippen LogP contribution in [0.25, 0.3) is 0 Å². The molecule has 1 N–H and O–H groups in total. The molecule has 2 amide bonds. The minimum Gasteiger partial charge on any atom is -0.480 e. The molecule has 0 saturated carbocycles. The summed E-state index contributed by atoms with van der Waals surface area (Å²) < 4.78 is 0. The van der Waals surface area contributed by atoms with Crippen LogP contribution in [0, 0.1) is 5.92 Å². The first-order valence-corrected chi connectivity index (χ1v) is 7.75. The van der Waals surface area contributed by atoms with E-state index >= 15 is 0 Å². The molecule has 0 aliphatic carbocycles. The Morgan fingerprint density at radius 1 is 1.35 bits per heavy atom. The first-order valence-electron chi connectivity index (χ1n) is 7.75. The lowest BCUT2D eigenvalue weighted by molar-refractivity contribution is -0.150. The molecule has 124 valence electrons. The molecule has 6 nitrogen and oxygen atoms in total. The van der Waals surface area contributed by atoms with Gasteiger partial charge in [-0.05, 0) is 12.5 Å². The number of nitrogens with zero attached hydrogens (tertiary/aromatic N) is 2. The van der Waals surface area contributed by atoms with Crippen LogP contribution < -0.4 is 0 Å². The molecule has 1 aliphatic rings. The van der Waals surface area contributed by atoms with Crippen molar-refractivity contribution in [2.24, 2.45) is 5.92 Å². The van der Waals surface area contributed by atoms with Crippen LogP contribution in [0.2, 0.25) is 0 Å². The van der Waals surface area contributed by atoms with Crippen LogP contribution in [-0.2, 0) is 20.8 Å².